The second-order valence-corrected chi connectivity index (χ2v) is 4.50. The molecule has 0 heterocycles. The summed E-state index contributed by atoms with van der Waals surface area (Å²) < 4.78 is 0. The maximum absolute atomic E-state index is 9.67. The van der Waals surface area contributed by atoms with Crippen LogP contribution < -0.4 is 5.46 Å². The largest absolute Gasteiger partial charge is 0.489 e. The van der Waals surface area contributed by atoms with Gasteiger partial charge in [-0.15, -0.1) is 0 Å². The molecule has 0 aliphatic heterocycles. The molecule has 0 aliphatic rings. The molecule has 0 fully saturated rings. The monoisotopic (exact) mass is 236 g/mol. The molecule has 0 unspecified atom stereocenters. The van der Waals surface area contributed by atoms with Gasteiger partial charge in [0, 0.05) is 0 Å². The van der Waals surface area contributed by atoms with Crippen molar-refractivity contribution in [2.24, 2.45) is 0 Å². The predicted molar refractivity (Wildman–Crippen MR) is 76.0 cm³/mol. The van der Waals surface area contributed by atoms with Gasteiger partial charge in [-0.3, -0.25) is 0 Å². The second kappa shape index (κ2) is 4.12. The zero-order chi connectivity index (χ0) is 12.7. The Hall–Kier alpha value is -1.84. The Kier molecular flexibility index (Phi) is 2.58. The first kappa shape index (κ1) is 11.3. The minimum Gasteiger partial charge on any atom is -0.423 e. The molecule has 3 aromatic rings. The van der Waals surface area contributed by atoms with Crippen LogP contribution in [0, 0.1) is 6.92 Å². The van der Waals surface area contributed by atoms with E-state index in [1.165, 1.54) is 5.56 Å². The molecule has 0 saturated carbocycles. The minimum absolute atomic E-state index is 0.590. The molecule has 3 aromatic carbocycles. The van der Waals surface area contributed by atoms with Gasteiger partial charge in [0.15, 0.2) is 0 Å². The number of fused-ring (bicyclic) bond motifs is 2. The van der Waals surface area contributed by atoms with E-state index in [2.05, 4.69) is 6.92 Å². The first-order valence-electron chi connectivity index (χ1n) is 5.96. The third kappa shape index (κ3) is 1.52. The van der Waals surface area contributed by atoms with Crippen molar-refractivity contribution in [3.8, 4) is 0 Å². The maximum Gasteiger partial charge on any atom is 0.489 e. The summed E-state index contributed by atoms with van der Waals surface area (Å²) >= 11 is 0. The summed E-state index contributed by atoms with van der Waals surface area (Å²) in [5, 5.41) is 23.3. The Morgan fingerprint density at radius 3 is 1.50 bits per heavy atom. The number of hydrogen-bond acceptors (Lipinski definition) is 2. The molecule has 0 aromatic heterocycles. The summed E-state index contributed by atoms with van der Waals surface area (Å²) in [6.07, 6.45) is 0. The van der Waals surface area contributed by atoms with Crippen LogP contribution in [0.15, 0.2) is 48.5 Å². The molecule has 0 radical (unpaired) electrons. The van der Waals surface area contributed by atoms with Gasteiger partial charge in [0.25, 0.3) is 0 Å². The quantitative estimate of drug-likeness (QED) is 0.501. The Labute approximate surface area is 106 Å². The summed E-state index contributed by atoms with van der Waals surface area (Å²) in [4.78, 5) is 0. The summed E-state index contributed by atoms with van der Waals surface area (Å²) in [5.74, 6) is 0. The first-order valence-corrected chi connectivity index (χ1v) is 5.96. The van der Waals surface area contributed by atoms with Crippen LogP contribution in [-0.4, -0.2) is 17.2 Å². The van der Waals surface area contributed by atoms with Gasteiger partial charge in [0.1, 0.15) is 0 Å². The lowest BCUT2D eigenvalue weighted by Crippen LogP contribution is -2.31. The molecule has 2 N–H and O–H groups in total. The fourth-order valence-corrected chi connectivity index (χ4v) is 2.66. The van der Waals surface area contributed by atoms with E-state index < -0.39 is 7.12 Å². The number of aryl methyl sites for hydroxylation is 1. The van der Waals surface area contributed by atoms with Gasteiger partial charge in [-0.2, -0.15) is 0 Å². The molecule has 0 aliphatic carbocycles. The van der Waals surface area contributed by atoms with Crippen molar-refractivity contribution in [2.75, 3.05) is 0 Å². The average Bonchev–Trinajstić information content (AvgIpc) is 2.39. The van der Waals surface area contributed by atoms with Crippen molar-refractivity contribution < 1.29 is 10.0 Å². The Morgan fingerprint density at radius 2 is 1.11 bits per heavy atom. The van der Waals surface area contributed by atoms with Crippen LogP contribution in [0.5, 0.6) is 0 Å². The van der Waals surface area contributed by atoms with Crippen LogP contribution in [0.2, 0.25) is 0 Å². The van der Waals surface area contributed by atoms with E-state index in [1.807, 2.05) is 48.5 Å². The summed E-state index contributed by atoms with van der Waals surface area (Å²) in [6, 6.07) is 15.7. The summed E-state index contributed by atoms with van der Waals surface area (Å²) in [7, 11) is -1.46. The first-order chi connectivity index (χ1) is 8.70. The van der Waals surface area contributed by atoms with Gasteiger partial charge in [-0.05, 0) is 39.5 Å². The fourth-order valence-electron chi connectivity index (χ4n) is 2.66. The van der Waals surface area contributed by atoms with Crippen molar-refractivity contribution in [3.05, 3.63) is 54.1 Å². The van der Waals surface area contributed by atoms with E-state index in [9.17, 15) is 10.0 Å². The number of benzene rings is 3. The predicted octanol–water partition coefficient (Wildman–Crippen LogP) is 1.98. The molecule has 2 nitrogen and oxygen atoms in total. The number of rotatable bonds is 1. The maximum atomic E-state index is 9.67. The lowest BCUT2D eigenvalue weighted by molar-refractivity contribution is 0.426. The topological polar surface area (TPSA) is 40.5 Å². The molecule has 3 rings (SSSR count). The zero-order valence-electron chi connectivity index (χ0n) is 10.1. The summed E-state index contributed by atoms with van der Waals surface area (Å²) in [5.41, 5.74) is 1.76. The van der Waals surface area contributed by atoms with Crippen molar-refractivity contribution in [1.82, 2.24) is 0 Å². The van der Waals surface area contributed by atoms with Gasteiger partial charge in [-0.25, -0.2) is 0 Å². The van der Waals surface area contributed by atoms with Crippen molar-refractivity contribution >= 4 is 34.1 Å². The Balaban J connectivity index is 2.63. The molecule has 18 heavy (non-hydrogen) atoms. The van der Waals surface area contributed by atoms with Gasteiger partial charge in [-0.1, -0.05) is 48.5 Å². The average molecular weight is 236 g/mol. The van der Waals surface area contributed by atoms with E-state index in [0.717, 1.165) is 21.5 Å². The lowest BCUT2D eigenvalue weighted by atomic mass is 9.73. The van der Waals surface area contributed by atoms with Crippen molar-refractivity contribution in [1.29, 1.82) is 0 Å². The van der Waals surface area contributed by atoms with Crippen LogP contribution in [0.25, 0.3) is 21.5 Å². The van der Waals surface area contributed by atoms with Crippen LogP contribution in [0.1, 0.15) is 5.56 Å². The van der Waals surface area contributed by atoms with Crippen LogP contribution in [-0.2, 0) is 0 Å². The van der Waals surface area contributed by atoms with Crippen LogP contribution in [0.3, 0.4) is 0 Å². The Bertz CT molecular complexity index is 678. The van der Waals surface area contributed by atoms with Gasteiger partial charge in [0.2, 0.25) is 0 Å². The minimum atomic E-state index is -1.46. The molecule has 0 saturated heterocycles. The van der Waals surface area contributed by atoms with E-state index in [-0.39, 0.29) is 0 Å². The molecule has 0 spiro atoms. The number of hydrogen-bond donors (Lipinski definition) is 2. The standard InChI is InChI=1S/C15H13BO2/c1-10-11-6-2-4-8-13(11)15(16(17)18)14-9-5-3-7-12(10)14/h2-9,17-18H,1H3. The van der Waals surface area contributed by atoms with Gasteiger partial charge in [0.05, 0.1) is 0 Å². The third-order valence-corrected chi connectivity index (χ3v) is 3.50. The molecular weight excluding hydrogens is 223 g/mol. The van der Waals surface area contributed by atoms with Crippen LogP contribution in [0.4, 0.5) is 0 Å². The van der Waals surface area contributed by atoms with Crippen LogP contribution >= 0.6 is 0 Å². The van der Waals surface area contributed by atoms with Crippen molar-refractivity contribution in [2.45, 2.75) is 6.92 Å². The van der Waals surface area contributed by atoms with Crippen molar-refractivity contribution in [3.63, 3.8) is 0 Å². The normalized spacial score (nSPS) is 11.1. The van der Waals surface area contributed by atoms with E-state index in [0.29, 0.717) is 5.46 Å². The molecule has 3 heteroatoms. The molecular formula is C15H13BO2. The highest BCUT2D eigenvalue weighted by Crippen LogP contribution is 2.26. The van der Waals surface area contributed by atoms with E-state index in [1.54, 1.807) is 0 Å². The highest BCUT2D eigenvalue weighted by Gasteiger charge is 2.19. The highest BCUT2D eigenvalue weighted by atomic mass is 16.4. The molecule has 0 atom stereocenters. The second-order valence-electron chi connectivity index (χ2n) is 4.50. The van der Waals surface area contributed by atoms with E-state index >= 15 is 0 Å². The lowest BCUT2D eigenvalue weighted by Gasteiger charge is -2.13. The molecule has 0 bridgehead atoms. The molecule has 0 amide bonds. The highest BCUT2D eigenvalue weighted by molar-refractivity contribution is 6.65. The zero-order valence-corrected chi connectivity index (χ0v) is 10.1. The smallest absolute Gasteiger partial charge is 0.423 e. The third-order valence-electron chi connectivity index (χ3n) is 3.50. The Morgan fingerprint density at radius 1 is 0.722 bits per heavy atom. The van der Waals surface area contributed by atoms with Gasteiger partial charge >= 0.3 is 7.12 Å². The van der Waals surface area contributed by atoms with Gasteiger partial charge < -0.3 is 10.0 Å². The van der Waals surface area contributed by atoms with E-state index in [4.69, 9.17) is 0 Å². The molecule has 88 valence electrons. The SMILES string of the molecule is Cc1c2ccccc2c(B(O)O)c2ccccc12. The summed E-state index contributed by atoms with van der Waals surface area (Å²) in [6.45, 7) is 2.07. The fraction of sp³-hybridized carbons (Fsp3) is 0.0667.